The zero-order valence-corrected chi connectivity index (χ0v) is 81.9. The first-order chi connectivity index (χ1) is 72.5. The Labute approximate surface area is 859 Å². The number of nitrogens with zero attached hydrogens (tertiary/aromatic N) is 9. The maximum atomic E-state index is 2.60. The molecule has 0 aliphatic carbocycles. The number of rotatable bonds is 17. The highest BCUT2D eigenvalue weighted by Crippen LogP contribution is 2.55. The fourth-order valence-electron chi connectivity index (χ4n) is 24.5. The molecule has 6 heterocycles. The van der Waals surface area contributed by atoms with Gasteiger partial charge in [0.1, 0.15) is 0 Å². The van der Waals surface area contributed by atoms with Crippen LogP contribution in [0.3, 0.4) is 0 Å². The average molecular weight is 1880 g/mol. The highest BCUT2D eigenvalue weighted by Gasteiger charge is 2.49. The van der Waals surface area contributed by atoms with E-state index in [2.05, 4.69) is 594 Å². The van der Waals surface area contributed by atoms with Crippen molar-refractivity contribution in [2.24, 2.45) is 0 Å². The van der Waals surface area contributed by atoms with Crippen LogP contribution in [0.15, 0.2) is 522 Å². The fourth-order valence-corrected chi connectivity index (χ4v) is 24.5. The van der Waals surface area contributed by atoms with Gasteiger partial charge in [0.15, 0.2) is 0 Å². The number of hydrogen-bond donors (Lipinski definition) is 0. The van der Waals surface area contributed by atoms with Crippen LogP contribution in [0.25, 0.3) is 33.0 Å². The lowest BCUT2D eigenvalue weighted by Crippen LogP contribution is -2.61. The number of anilines is 27. The van der Waals surface area contributed by atoms with E-state index in [1.54, 1.807) is 0 Å². The highest BCUT2D eigenvalue weighted by molar-refractivity contribution is 7.02. The lowest BCUT2D eigenvalue weighted by atomic mass is 9.33. The van der Waals surface area contributed by atoms with Gasteiger partial charge in [-0.1, -0.05) is 306 Å². The number of para-hydroxylation sites is 12. The van der Waals surface area contributed by atoms with Crippen molar-refractivity contribution in [1.29, 1.82) is 0 Å². The Hall–Kier alpha value is -18.5. The van der Waals surface area contributed by atoms with Gasteiger partial charge in [-0.25, -0.2) is 0 Å². The third kappa shape index (κ3) is 14.2. The first-order valence-electron chi connectivity index (χ1n) is 51.1. The molecule has 6 aliphatic heterocycles. The number of hydrogen-bond acceptors (Lipinski definition) is 9. The molecule has 22 aromatic carbocycles. The van der Waals surface area contributed by atoms with Crippen LogP contribution in [-0.4, -0.2) is 20.1 Å². The van der Waals surface area contributed by atoms with Crippen molar-refractivity contribution in [3.05, 3.63) is 533 Å². The maximum Gasteiger partial charge on any atom is 0.252 e. The summed E-state index contributed by atoms with van der Waals surface area (Å²) in [6.07, 6.45) is 0. The van der Waals surface area contributed by atoms with Gasteiger partial charge in [0.05, 0.1) is 5.69 Å². The summed E-state index contributed by atoms with van der Waals surface area (Å²) in [5.74, 6) is 0. The second-order valence-electron chi connectivity index (χ2n) is 40.3. The Morgan fingerprint density at radius 1 is 0.184 bits per heavy atom. The van der Waals surface area contributed by atoms with Crippen molar-refractivity contribution >= 4 is 234 Å². The third-order valence-corrected chi connectivity index (χ3v) is 30.9. The van der Waals surface area contributed by atoms with Crippen LogP contribution in [0.2, 0.25) is 0 Å². The summed E-state index contributed by atoms with van der Waals surface area (Å²) in [7, 11) is 0. The first kappa shape index (κ1) is 86.4. The van der Waals surface area contributed by atoms with Gasteiger partial charge in [-0.05, 0) is 342 Å². The van der Waals surface area contributed by atoms with Crippen molar-refractivity contribution in [3.8, 4) is 22.3 Å². The van der Waals surface area contributed by atoms with Crippen molar-refractivity contribution in [3.63, 3.8) is 0 Å². The molecule has 0 fully saturated rings. The molecule has 692 valence electrons. The third-order valence-electron chi connectivity index (χ3n) is 30.9. The van der Waals surface area contributed by atoms with E-state index in [0.29, 0.717) is 0 Å². The van der Waals surface area contributed by atoms with E-state index in [0.717, 1.165) is 170 Å². The predicted octanol–water partition coefficient (Wildman–Crippen LogP) is 30.4. The van der Waals surface area contributed by atoms with E-state index in [1.165, 1.54) is 77.1 Å². The molecule has 0 bridgehead atoms. The molecule has 0 spiro atoms. The molecule has 9 nitrogen and oxygen atoms in total. The van der Waals surface area contributed by atoms with E-state index in [-0.39, 0.29) is 25.6 Å². The van der Waals surface area contributed by atoms with Gasteiger partial charge in [-0.15, -0.1) is 0 Å². The van der Waals surface area contributed by atoms with Crippen LogP contribution in [0, 0.1) is 6.92 Å². The van der Waals surface area contributed by atoms with Gasteiger partial charge in [-0.2, -0.15) is 0 Å². The Morgan fingerprint density at radius 2 is 0.490 bits per heavy atom. The molecule has 28 rings (SSSR count). The van der Waals surface area contributed by atoms with Gasteiger partial charge in [0, 0.05) is 148 Å². The van der Waals surface area contributed by atoms with Crippen molar-refractivity contribution in [1.82, 2.24) is 0 Å². The second-order valence-corrected chi connectivity index (χ2v) is 40.3. The Kier molecular flexibility index (Phi) is 20.6. The molecule has 0 radical (unpaired) electrons. The average Bonchev–Trinajstić information content (AvgIpc) is 0.690. The van der Waals surface area contributed by atoms with Gasteiger partial charge in [0.2, 0.25) is 0 Å². The molecule has 0 saturated carbocycles. The van der Waals surface area contributed by atoms with Crippen LogP contribution in [-0.2, 0) is 5.41 Å². The second kappa shape index (κ2) is 35.0. The minimum absolute atomic E-state index is 0.0569. The Morgan fingerprint density at radius 3 is 0.932 bits per heavy atom. The first-order valence-corrected chi connectivity index (χ1v) is 51.1. The minimum Gasteiger partial charge on any atom is -0.311 e. The largest absolute Gasteiger partial charge is 0.311 e. The van der Waals surface area contributed by atoms with Gasteiger partial charge >= 0.3 is 0 Å². The molecule has 12 heteroatoms. The normalized spacial score (nSPS) is 13.0. The smallest absolute Gasteiger partial charge is 0.252 e. The molecule has 0 amide bonds. The van der Waals surface area contributed by atoms with Crippen molar-refractivity contribution in [2.45, 2.75) is 33.1 Å². The Bertz CT molecular complexity index is 8800. The fraction of sp³-hybridized carbons (Fsp3) is 0.0370. The van der Waals surface area contributed by atoms with Gasteiger partial charge in [-0.3, -0.25) is 0 Å². The van der Waals surface area contributed by atoms with E-state index in [9.17, 15) is 0 Å². The van der Waals surface area contributed by atoms with Crippen LogP contribution in [0.4, 0.5) is 154 Å². The number of aryl methyl sites for hydroxylation is 1. The quantitative estimate of drug-likeness (QED) is 0.0827. The topological polar surface area (TPSA) is 29.2 Å². The summed E-state index contributed by atoms with van der Waals surface area (Å²) in [6, 6.07) is 195. The molecule has 0 aromatic heterocycles. The molecule has 0 N–H and O–H groups in total. The number of fused-ring (bicyclic) bond motifs is 14. The number of benzene rings is 22. The SMILES string of the molecule is Cc1ccc(N2c3cc(N(c4ccccc4)c4ccccc4)ccc3B3c4ccccc4N(c4ccccc4)c4cccc2c43)cc1-c1ccc(N(c2ccccc2)c2ccc3c(c2)N(c2ccc(C(C)(C)C)cc2)c2cc(-c4ccc5c6c(ccc5c4)N(c4ccccc4)c4cc(N(c5ccccc5)c5ccccc5)cc5c4B6c4ccccc4N5c4ccccc4)cc4c2B3c2ccccc2N4c2ccccc2)cc1. The molecule has 6 aliphatic rings. The highest BCUT2D eigenvalue weighted by atomic mass is 15.2. The summed E-state index contributed by atoms with van der Waals surface area (Å²) >= 11 is 0. The summed E-state index contributed by atoms with van der Waals surface area (Å²) in [6.45, 7) is 8.82. The molecule has 22 aromatic rings. The molecular weight excluding hydrogens is 1780 g/mol. The van der Waals surface area contributed by atoms with Crippen LogP contribution >= 0.6 is 0 Å². The summed E-state index contributed by atoms with van der Waals surface area (Å²) < 4.78 is 0. The van der Waals surface area contributed by atoms with Gasteiger partial charge in [0.25, 0.3) is 20.1 Å². The maximum absolute atomic E-state index is 2.60. The predicted molar refractivity (Wildman–Crippen MR) is 624 cm³/mol. The molecule has 0 unspecified atom stereocenters. The van der Waals surface area contributed by atoms with Crippen LogP contribution in [0.1, 0.15) is 31.9 Å². The van der Waals surface area contributed by atoms with E-state index in [4.69, 9.17) is 0 Å². The molecule has 0 saturated heterocycles. The van der Waals surface area contributed by atoms with Crippen LogP contribution < -0.4 is 93.3 Å². The summed E-state index contributed by atoms with van der Waals surface area (Å²) in [5, 5.41) is 2.36. The summed E-state index contributed by atoms with van der Waals surface area (Å²) in [5.41, 5.74) is 47.9. The van der Waals surface area contributed by atoms with Crippen molar-refractivity contribution < 1.29 is 0 Å². The van der Waals surface area contributed by atoms with Gasteiger partial charge < -0.3 is 44.1 Å². The van der Waals surface area contributed by atoms with E-state index >= 15 is 0 Å². The van der Waals surface area contributed by atoms with E-state index in [1.807, 2.05) is 0 Å². The molecule has 0 atom stereocenters. The van der Waals surface area contributed by atoms with Crippen molar-refractivity contribution in [2.75, 3.05) is 44.1 Å². The molecular formula is C135H98B3N9. The zero-order chi connectivity index (χ0) is 97.6. The molecule has 147 heavy (non-hydrogen) atoms. The zero-order valence-electron chi connectivity index (χ0n) is 81.9. The minimum atomic E-state index is -0.169. The summed E-state index contributed by atoms with van der Waals surface area (Å²) in [4.78, 5) is 22.5. The lowest BCUT2D eigenvalue weighted by Gasteiger charge is -2.45. The Balaban J connectivity index is 0.602. The standard InChI is InChI=1S/C135H98B3N9/c1-91-65-72-108(147-123-64-38-63-122-132(123)136(114-57-32-35-60-119(114)142(122)102-49-24-10-25-50-102)118-81-77-109(88-126(118)147)139(97-39-14-5-15-40-97)98-41-16-6-17-42-98)86-113(91)92-66-73-106(74-67-92)140(99-43-18-7-19-44-99)110-78-80-117-125(87-110)146(107-75-70-96(71-76-107)135(2,3)4)128-85-95(84-127-133(128)137(117)115-58-33-36-61-120(115)143(127)103-51-26-11-27-52-103)93-68-79-112-94(83-93)69-82-124-131(112)138-116-59-34-37-62-121(116)144(104-53-28-12-29-54-104)129-89-111(90-130(134(129)138)145(124)105-55-30-13-31-56-105)141(100-45-20-8-21-46-100)101-47-22-9-23-48-101/h5-90H,1-4H3. The monoisotopic (exact) mass is 1880 g/mol. The lowest BCUT2D eigenvalue weighted by molar-refractivity contribution is 0.590. The van der Waals surface area contributed by atoms with Crippen LogP contribution in [0.5, 0.6) is 0 Å². The van der Waals surface area contributed by atoms with E-state index < -0.39 is 0 Å².